The monoisotopic (exact) mass is 441 g/mol. The lowest BCUT2D eigenvalue weighted by Crippen LogP contribution is -2.44. The van der Waals surface area contributed by atoms with Crippen LogP contribution in [-0.4, -0.2) is 42.0 Å². The molecule has 0 radical (unpaired) electrons. The first kappa shape index (κ1) is 21.9. The van der Waals surface area contributed by atoms with Crippen LogP contribution in [0.1, 0.15) is 16.8 Å². The molecule has 0 spiro atoms. The maximum atomic E-state index is 12.8. The summed E-state index contributed by atoms with van der Waals surface area (Å²) in [6.45, 7) is 0. The van der Waals surface area contributed by atoms with Gasteiger partial charge in [0, 0.05) is 28.4 Å². The number of anilines is 1. The fourth-order valence-corrected chi connectivity index (χ4v) is 3.90. The van der Waals surface area contributed by atoms with E-state index in [2.05, 4.69) is 15.6 Å². The van der Waals surface area contributed by atoms with E-state index in [0.717, 1.165) is 16.3 Å². The lowest BCUT2D eigenvalue weighted by molar-refractivity contribution is -0.118. The summed E-state index contributed by atoms with van der Waals surface area (Å²) in [6, 6.07) is 13.7. The van der Waals surface area contributed by atoms with Gasteiger partial charge in [-0.3, -0.25) is 9.59 Å². The highest BCUT2D eigenvalue weighted by Gasteiger charge is 2.21. The Bertz CT molecular complexity index is 958. The summed E-state index contributed by atoms with van der Waals surface area (Å²) in [4.78, 5) is 29.7. The third-order valence-corrected chi connectivity index (χ3v) is 5.88. The van der Waals surface area contributed by atoms with Gasteiger partial charge < -0.3 is 15.4 Å². The minimum atomic E-state index is -0.634. The van der Waals surface area contributed by atoms with E-state index in [0.29, 0.717) is 23.4 Å². The second kappa shape index (κ2) is 10.8. The van der Waals surface area contributed by atoms with Crippen LogP contribution in [-0.2, 0) is 4.79 Å². The molecule has 0 fully saturated rings. The molecule has 30 heavy (non-hydrogen) atoms. The molecule has 2 amide bonds. The molecule has 8 heteroatoms. The fourth-order valence-electron chi connectivity index (χ4n) is 2.78. The van der Waals surface area contributed by atoms with Crippen molar-refractivity contribution in [2.75, 3.05) is 24.4 Å². The van der Waals surface area contributed by atoms with Gasteiger partial charge in [0.15, 0.2) is 0 Å². The van der Waals surface area contributed by atoms with E-state index in [-0.39, 0.29) is 11.8 Å². The number of benzene rings is 2. The minimum absolute atomic E-state index is 0.243. The second-order valence-electron chi connectivity index (χ2n) is 6.44. The van der Waals surface area contributed by atoms with Gasteiger partial charge in [0.05, 0.1) is 7.11 Å². The van der Waals surface area contributed by atoms with Gasteiger partial charge in [0.2, 0.25) is 5.91 Å². The zero-order chi connectivity index (χ0) is 21.3. The Balaban J connectivity index is 1.66. The summed E-state index contributed by atoms with van der Waals surface area (Å²) in [7, 11) is 1.57. The first-order valence-corrected chi connectivity index (χ1v) is 11.6. The number of aromatic nitrogens is 1. The Kier molecular flexibility index (Phi) is 7.87. The van der Waals surface area contributed by atoms with E-state index in [1.54, 1.807) is 60.7 Å². The molecule has 2 N–H and O–H groups in total. The normalized spacial score (nSPS) is 11.5. The summed E-state index contributed by atoms with van der Waals surface area (Å²) in [5.41, 5.74) is 2.15. The third kappa shape index (κ3) is 5.84. The molecule has 1 heterocycles. The van der Waals surface area contributed by atoms with Gasteiger partial charge in [-0.25, -0.2) is 4.98 Å². The zero-order valence-corrected chi connectivity index (χ0v) is 18.4. The van der Waals surface area contributed by atoms with Crippen molar-refractivity contribution in [3.8, 4) is 16.3 Å². The topological polar surface area (TPSA) is 80.3 Å². The van der Waals surface area contributed by atoms with Gasteiger partial charge in [-0.05, 0) is 67.0 Å². The summed E-state index contributed by atoms with van der Waals surface area (Å²) in [5, 5.41) is 8.60. The van der Waals surface area contributed by atoms with E-state index >= 15 is 0 Å². The van der Waals surface area contributed by atoms with Crippen LogP contribution in [0.3, 0.4) is 0 Å². The van der Waals surface area contributed by atoms with Crippen molar-refractivity contribution in [1.29, 1.82) is 0 Å². The number of hydrogen-bond donors (Lipinski definition) is 2. The summed E-state index contributed by atoms with van der Waals surface area (Å²) < 4.78 is 5.12. The van der Waals surface area contributed by atoms with E-state index < -0.39 is 6.04 Å². The molecule has 1 atom stereocenters. The van der Waals surface area contributed by atoms with Gasteiger partial charge in [-0.2, -0.15) is 11.8 Å². The third-order valence-electron chi connectivity index (χ3n) is 4.42. The Morgan fingerprint density at radius 2 is 1.87 bits per heavy atom. The molecule has 0 saturated heterocycles. The van der Waals surface area contributed by atoms with E-state index in [1.807, 2.05) is 35.9 Å². The van der Waals surface area contributed by atoms with Crippen molar-refractivity contribution >= 4 is 40.6 Å². The number of nitrogens with one attached hydrogen (secondary N) is 2. The first-order valence-electron chi connectivity index (χ1n) is 9.35. The van der Waals surface area contributed by atoms with Crippen LogP contribution in [0.2, 0.25) is 0 Å². The standard InChI is InChI=1S/C22H23N3O3S2/c1-28-18-9-5-15(6-10-18)20(26)25-19(11-13-29-2)21(27)24-17-7-3-16(4-8-17)22-23-12-14-30-22/h3-10,12,14,19H,11,13H2,1-2H3,(H,24,27)(H,25,26)/t19-/m1/s1. The minimum Gasteiger partial charge on any atom is -0.497 e. The van der Waals surface area contributed by atoms with Crippen LogP contribution >= 0.6 is 23.1 Å². The molecule has 0 aliphatic heterocycles. The maximum Gasteiger partial charge on any atom is 0.251 e. The first-order chi connectivity index (χ1) is 14.6. The van der Waals surface area contributed by atoms with Gasteiger partial charge in [-0.1, -0.05) is 0 Å². The molecule has 0 saturated carbocycles. The number of ether oxygens (including phenoxy) is 1. The molecule has 156 valence electrons. The Morgan fingerprint density at radius 3 is 2.47 bits per heavy atom. The number of thiazole rings is 1. The van der Waals surface area contributed by atoms with Crippen molar-refractivity contribution in [2.45, 2.75) is 12.5 Å². The predicted octanol–water partition coefficient (Wildman–Crippen LogP) is 4.31. The van der Waals surface area contributed by atoms with Gasteiger partial charge in [0.25, 0.3) is 5.91 Å². The lowest BCUT2D eigenvalue weighted by atomic mass is 10.1. The van der Waals surface area contributed by atoms with Gasteiger partial charge in [-0.15, -0.1) is 11.3 Å². The van der Waals surface area contributed by atoms with Crippen LogP contribution in [0.15, 0.2) is 60.1 Å². The van der Waals surface area contributed by atoms with Crippen LogP contribution < -0.4 is 15.4 Å². The van der Waals surface area contributed by atoms with E-state index in [1.165, 1.54) is 0 Å². The zero-order valence-electron chi connectivity index (χ0n) is 16.8. The van der Waals surface area contributed by atoms with E-state index in [9.17, 15) is 9.59 Å². The van der Waals surface area contributed by atoms with Gasteiger partial charge >= 0.3 is 0 Å². The van der Waals surface area contributed by atoms with Gasteiger partial charge in [0.1, 0.15) is 16.8 Å². The molecule has 3 rings (SSSR count). The number of hydrogen-bond acceptors (Lipinski definition) is 6. The van der Waals surface area contributed by atoms with Crippen molar-refractivity contribution in [1.82, 2.24) is 10.3 Å². The molecule has 0 bridgehead atoms. The van der Waals surface area contributed by atoms with Crippen molar-refractivity contribution in [2.24, 2.45) is 0 Å². The number of methoxy groups -OCH3 is 1. The average Bonchev–Trinajstić information content (AvgIpc) is 3.32. The summed E-state index contributed by atoms with van der Waals surface area (Å²) in [6.07, 6.45) is 4.27. The molecule has 0 aliphatic rings. The van der Waals surface area contributed by atoms with Crippen molar-refractivity contribution in [3.63, 3.8) is 0 Å². The Hall–Kier alpha value is -2.84. The molecular formula is C22H23N3O3S2. The molecule has 1 aromatic heterocycles. The molecular weight excluding hydrogens is 418 g/mol. The maximum absolute atomic E-state index is 12.8. The largest absolute Gasteiger partial charge is 0.497 e. The average molecular weight is 442 g/mol. The van der Waals surface area contributed by atoms with Crippen molar-refractivity contribution in [3.05, 3.63) is 65.7 Å². The summed E-state index contributed by atoms with van der Waals surface area (Å²) in [5.74, 6) is 0.889. The highest BCUT2D eigenvalue weighted by molar-refractivity contribution is 7.98. The number of thioether (sulfide) groups is 1. The molecule has 2 aromatic carbocycles. The fraction of sp³-hybridized carbons (Fsp3) is 0.227. The Labute approximate surface area is 184 Å². The SMILES string of the molecule is COc1ccc(C(=O)N[C@H](CCSC)C(=O)Nc2ccc(-c3nccs3)cc2)cc1. The number of carbonyl (C=O) groups excluding carboxylic acids is 2. The molecule has 0 unspecified atom stereocenters. The Morgan fingerprint density at radius 1 is 1.13 bits per heavy atom. The van der Waals surface area contributed by atoms with Crippen LogP contribution in [0.5, 0.6) is 5.75 Å². The molecule has 0 aliphatic carbocycles. The second-order valence-corrected chi connectivity index (χ2v) is 8.32. The van der Waals surface area contributed by atoms with Crippen LogP contribution in [0.4, 0.5) is 5.69 Å². The quantitative estimate of drug-likeness (QED) is 0.517. The molecule has 3 aromatic rings. The molecule has 6 nitrogen and oxygen atoms in total. The highest BCUT2D eigenvalue weighted by atomic mass is 32.2. The predicted molar refractivity (Wildman–Crippen MR) is 123 cm³/mol. The highest BCUT2D eigenvalue weighted by Crippen LogP contribution is 2.23. The van der Waals surface area contributed by atoms with Crippen molar-refractivity contribution < 1.29 is 14.3 Å². The van der Waals surface area contributed by atoms with E-state index in [4.69, 9.17) is 4.74 Å². The van der Waals surface area contributed by atoms with Crippen LogP contribution in [0, 0.1) is 0 Å². The number of carbonyl (C=O) groups is 2. The number of rotatable bonds is 9. The summed E-state index contributed by atoms with van der Waals surface area (Å²) >= 11 is 3.19. The number of amides is 2. The smallest absolute Gasteiger partial charge is 0.251 e. The lowest BCUT2D eigenvalue weighted by Gasteiger charge is -2.18. The number of nitrogens with zero attached hydrogens (tertiary/aromatic N) is 1. The van der Waals surface area contributed by atoms with Crippen LogP contribution in [0.25, 0.3) is 10.6 Å².